The maximum Gasteiger partial charge on any atom is 0.317 e. The van der Waals surface area contributed by atoms with Crippen LogP contribution in [0.5, 0.6) is 5.88 Å². The Labute approximate surface area is 153 Å². The van der Waals surface area contributed by atoms with E-state index in [2.05, 4.69) is 15.6 Å². The van der Waals surface area contributed by atoms with Gasteiger partial charge in [0.25, 0.3) is 0 Å². The Morgan fingerprint density at radius 3 is 2.81 bits per heavy atom. The Morgan fingerprint density at radius 2 is 2.15 bits per heavy atom. The molecule has 0 unspecified atom stereocenters. The number of hydrogen-bond acceptors (Lipinski definition) is 5. The van der Waals surface area contributed by atoms with Crippen LogP contribution in [0.25, 0.3) is 0 Å². The van der Waals surface area contributed by atoms with Crippen molar-refractivity contribution in [3.8, 4) is 5.88 Å². The van der Waals surface area contributed by atoms with E-state index in [1.165, 1.54) is 0 Å². The third kappa shape index (κ3) is 5.87. The van der Waals surface area contributed by atoms with Crippen LogP contribution in [-0.4, -0.2) is 58.8 Å². The maximum absolute atomic E-state index is 12.1. The fraction of sp³-hybridized carbons (Fsp3) is 0.611. The van der Waals surface area contributed by atoms with Crippen LogP contribution in [-0.2, 0) is 11.3 Å². The molecule has 2 rings (SSSR count). The second-order valence-corrected chi connectivity index (χ2v) is 6.42. The first-order chi connectivity index (χ1) is 12.5. The zero-order valence-corrected chi connectivity index (χ0v) is 15.4. The number of rotatable bonds is 10. The van der Waals surface area contributed by atoms with Crippen LogP contribution >= 0.6 is 0 Å². The van der Waals surface area contributed by atoms with Crippen LogP contribution in [0.15, 0.2) is 18.3 Å². The van der Waals surface area contributed by atoms with E-state index < -0.39 is 5.97 Å². The first-order valence-corrected chi connectivity index (χ1v) is 9.10. The summed E-state index contributed by atoms with van der Waals surface area (Å²) in [6.45, 7) is 5.64. The quantitative estimate of drug-likeness (QED) is 0.583. The summed E-state index contributed by atoms with van der Waals surface area (Å²) in [6, 6.07) is 3.75. The summed E-state index contributed by atoms with van der Waals surface area (Å²) in [5, 5.41) is 14.7. The molecule has 144 valence electrons. The van der Waals surface area contributed by atoms with E-state index in [0.717, 1.165) is 24.8 Å². The second kappa shape index (κ2) is 9.96. The van der Waals surface area contributed by atoms with E-state index in [0.29, 0.717) is 25.6 Å². The van der Waals surface area contributed by atoms with Crippen molar-refractivity contribution in [3.05, 3.63) is 23.9 Å². The fourth-order valence-corrected chi connectivity index (χ4v) is 2.98. The average molecular weight is 364 g/mol. The lowest BCUT2D eigenvalue weighted by atomic mass is 9.85. The molecule has 0 aliphatic heterocycles. The number of amides is 2. The third-order valence-electron chi connectivity index (χ3n) is 4.44. The van der Waals surface area contributed by atoms with Gasteiger partial charge < -0.3 is 20.5 Å². The average Bonchev–Trinajstić information content (AvgIpc) is 2.59. The zero-order chi connectivity index (χ0) is 18.9. The minimum Gasteiger partial charge on any atom is -0.480 e. The third-order valence-corrected chi connectivity index (χ3v) is 4.44. The molecule has 26 heavy (non-hydrogen) atoms. The number of likely N-dealkylation sites (N-methyl/N-ethyl adjacent to an activating group) is 1. The molecule has 1 saturated carbocycles. The number of pyridine rings is 1. The molecule has 0 aromatic carbocycles. The smallest absolute Gasteiger partial charge is 0.317 e. The van der Waals surface area contributed by atoms with Gasteiger partial charge in [-0.3, -0.25) is 9.69 Å². The number of hydrogen-bond donors (Lipinski definition) is 3. The summed E-state index contributed by atoms with van der Waals surface area (Å²) in [4.78, 5) is 29.0. The van der Waals surface area contributed by atoms with Gasteiger partial charge in [-0.1, -0.05) is 19.9 Å². The van der Waals surface area contributed by atoms with Crippen molar-refractivity contribution >= 4 is 12.0 Å². The molecular weight excluding hydrogens is 336 g/mol. The SMILES string of the molecule is CCCOc1ncccc1CNC(=O)NC1CC(N(CC)CC(=O)O)C1. The monoisotopic (exact) mass is 364 g/mol. The largest absolute Gasteiger partial charge is 0.480 e. The van der Waals surface area contributed by atoms with Crippen molar-refractivity contribution in [1.82, 2.24) is 20.5 Å². The van der Waals surface area contributed by atoms with Gasteiger partial charge >= 0.3 is 12.0 Å². The van der Waals surface area contributed by atoms with E-state index in [9.17, 15) is 9.59 Å². The van der Waals surface area contributed by atoms with E-state index in [-0.39, 0.29) is 24.7 Å². The van der Waals surface area contributed by atoms with Crippen molar-refractivity contribution in [2.75, 3.05) is 19.7 Å². The number of carboxylic acid groups (broad SMARTS) is 1. The molecule has 1 heterocycles. The van der Waals surface area contributed by atoms with Gasteiger partial charge in [-0.2, -0.15) is 0 Å². The van der Waals surface area contributed by atoms with Crippen LogP contribution in [0.2, 0.25) is 0 Å². The highest BCUT2D eigenvalue weighted by molar-refractivity contribution is 5.74. The molecule has 1 aliphatic carbocycles. The number of aliphatic carboxylic acids is 1. The van der Waals surface area contributed by atoms with E-state index in [1.807, 2.05) is 30.9 Å². The highest BCUT2D eigenvalue weighted by Gasteiger charge is 2.34. The number of urea groups is 1. The Morgan fingerprint density at radius 1 is 1.38 bits per heavy atom. The Bertz CT molecular complexity index is 605. The van der Waals surface area contributed by atoms with E-state index >= 15 is 0 Å². The van der Waals surface area contributed by atoms with Crippen molar-refractivity contribution in [3.63, 3.8) is 0 Å². The summed E-state index contributed by atoms with van der Waals surface area (Å²) in [5.74, 6) is -0.274. The van der Waals surface area contributed by atoms with Crippen molar-refractivity contribution in [1.29, 1.82) is 0 Å². The lowest BCUT2D eigenvalue weighted by Crippen LogP contribution is -2.56. The fourth-order valence-electron chi connectivity index (χ4n) is 2.98. The molecule has 3 N–H and O–H groups in total. The number of carbonyl (C=O) groups is 2. The molecule has 1 aromatic rings. The van der Waals surface area contributed by atoms with Gasteiger partial charge in [0.05, 0.1) is 13.2 Å². The summed E-state index contributed by atoms with van der Waals surface area (Å²) < 4.78 is 5.58. The minimum absolute atomic E-state index is 0.0433. The van der Waals surface area contributed by atoms with Gasteiger partial charge in [0.1, 0.15) is 0 Å². The highest BCUT2D eigenvalue weighted by atomic mass is 16.5. The predicted molar refractivity (Wildman–Crippen MR) is 97.1 cm³/mol. The van der Waals surface area contributed by atoms with Gasteiger partial charge in [-0.15, -0.1) is 0 Å². The number of aromatic nitrogens is 1. The number of carboxylic acids is 1. The Balaban J connectivity index is 1.73. The van der Waals surface area contributed by atoms with Gasteiger partial charge in [0.2, 0.25) is 5.88 Å². The lowest BCUT2D eigenvalue weighted by Gasteiger charge is -2.42. The number of carbonyl (C=O) groups excluding carboxylic acids is 1. The van der Waals surface area contributed by atoms with Crippen molar-refractivity contribution < 1.29 is 19.4 Å². The summed E-state index contributed by atoms with van der Waals surface area (Å²) in [6.07, 6.45) is 4.10. The number of nitrogens with zero attached hydrogens (tertiary/aromatic N) is 2. The maximum atomic E-state index is 12.1. The molecule has 1 aromatic heterocycles. The first kappa shape index (κ1) is 20.0. The Hall–Kier alpha value is -2.35. The van der Waals surface area contributed by atoms with Gasteiger partial charge in [-0.25, -0.2) is 9.78 Å². The molecule has 0 atom stereocenters. The van der Waals surface area contributed by atoms with Gasteiger partial charge in [0, 0.05) is 30.4 Å². The first-order valence-electron chi connectivity index (χ1n) is 9.10. The Kier molecular flexibility index (Phi) is 7.65. The zero-order valence-electron chi connectivity index (χ0n) is 15.4. The number of ether oxygens (including phenoxy) is 1. The predicted octanol–water partition coefficient (Wildman–Crippen LogP) is 1.61. The van der Waals surface area contributed by atoms with Crippen LogP contribution in [0.3, 0.4) is 0 Å². The minimum atomic E-state index is -0.821. The van der Waals surface area contributed by atoms with Gasteiger partial charge in [-0.05, 0) is 31.9 Å². The molecule has 8 nitrogen and oxygen atoms in total. The van der Waals surface area contributed by atoms with Gasteiger partial charge in [0.15, 0.2) is 0 Å². The summed E-state index contributed by atoms with van der Waals surface area (Å²) in [5.41, 5.74) is 0.834. The molecule has 1 fully saturated rings. The van der Waals surface area contributed by atoms with E-state index in [4.69, 9.17) is 9.84 Å². The molecule has 0 radical (unpaired) electrons. The van der Waals surface area contributed by atoms with Crippen molar-refractivity contribution in [2.45, 2.75) is 51.7 Å². The standard InChI is InChI=1S/C18H28N4O4/c1-3-8-26-17-13(6-5-7-19-17)11-20-18(25)21-14-9-15(10-14)22(4-2)12-16(23)24/h5-7,14-15H,3-4,8-12H2,1-2H3,(H,23,24)(H2,20,21,25). The van der Waals surface area contributed by atoms with Crippen LogP contribution in [0, 0.1) is 0 Å². The molecule has 0 saturated heterocycles. The lowest BCUT2D eigenvalue weighted by molar-refractivity contribution is -0.139. The topological polar surface area (TPSA) is 104 Å². The van der Waals surface area contributed by atoms with Crippen molar-refractivity contribution in [2.24, 2.45) is 0 Å². The normalized spacial score (nSPS) is 18.9. The van der Waals surface area contributed by atoms with E-state index in [1.54, 1.807) is 6.20 Å². The molecule has 0 spiro atoms. The molecule has 0 bridgehead atoms. The van der Waals surface area contributed by atoms with Crippen LogP contribution < -0.4 is 15.4 Å². The highest BCUT2D eigenvalue weighted by Crippen LogP contribution is 2.25. The molecule has 1 aliphatic rings. The molecule has 2 amide bonds. The summed E-state index contributed by atoms with van der Waals surface area (Å²) in [7, 11) is 0. The number of nitrogens with one attached hydrogen (secondary N) is 2. The van der Waals surface area contributed by atoms with Crippen LogP contribution in [0.4, 0.5) is 4.79 Å². The summed E-state index contributed by atoms with van der Waals surface area (Å²) >= 11 is 0. The second-order valence-electron chi connectivity index (χ2n) is 6.42. The van der Waals surface area contributed by atoms with Crippen LogP contribution in [0.1, 0.15) is 38.7 Å². The molecular formula is C18H28N4O4. The molecule has 8 heteroatoms.